The molecule has 20 heavy (non-hydrogen) atoms. The van der Waals surface area contributed by atoms with Crippen LogP contribution in [0.15, 0.2) is 44.8 Å². The van der Waals surface area contributed by atoms with Crippen molar-refractivity contribution >= 4 is 25.7 Å². The zero-order valence-electron chi connectivity index (χ0n) is 10.1. The predicted octanol–water partition coefficient (Wildman–Crippen LogP) is 1.02. The lowest BCUT2D eigenvalue weighted by Gasteiger charge is -2.07. The minimum Gasteiger partial charge on any atom is -0.363 e. The quantitative estimate of drug-likeness (QED) is 0.843. The van der Waals surface area contributed by atoms with E-state index in [4.69, 9.17) is 0 Å². The van der Waals surface area contributed by atoms with Crippen LogP contribution in [0.4, 0.5) is 10.2 Å². The Balaban J connectivity index is 2.51. The van der Waals surface area contributed by atoms with Gasteiger partial charge < -0.3 is 4.52 Å². The van der Waals surface area contributed by atoms with Crippen LogP contribution < -0.4 is 4.72 Å². The van der Waals surface area contributed by atoms with Gasteiger partial charge in [-0.3, -0.25) is 4.72 Å². The number of aromatic nitrogens is 1. The van der Waals surface area contributed by atoms with E-state index >= 15 is 0 Å². The summed E-state index contributed by atoms with van der Waals surface area (Å²) in [6, 6.07) is 3.72. The maximum absolute atomic E-state index is 13.6. The van der Waals surface area contributed by atoms with Crippen LogP contribution in [0.2, 0.25) is 0 Å². The molecule has 108 valence electrons. The smallest absolute Gasteiger partial charge is 0.266 e. The van der Waals surface area contributed by atoms with Crippen molar-refractivity contribution in [3.05, 3.63) is 36.3 Å². The van der Waals surface area contributed by atoms with Crippen molar-refractivity contribution in [2.45, 2.75) is 9.79 Å². The van der Waals surface area contributed by atoms with Gasteiger partial charge in [0.25, 0.3) is 10.0 Å². The van der Waals surface area contributed by atoms with Gasteiger partial charge in [-0.05, 0) is 18.2 Å². The molecule has 2 rings (SSSR count). The van der Waals surface area contributed by atoms with Gasteiger partial charge in [-0.1, -0.05) is 5.16 Å². The van der Waals surface area contributed by atoms with Crippen molar-refractivity contribution < 1.29 is 25.7 Å². The van der Waals surface area contributed by atoms with Crippen molar-refractivity contribution in [3.8, 4) is 0 Å². The van der Waals surface area contributed by atoms with E-state index in [-0.39, 0.29) is 10.7 Å². The molecule has 1 aromatic heterocycles. The van der Waals surface area contributed by atoms with Crippen LogP contribution in [0.5, 0.6) is 0 Å². The van der Waals surface area contributed by atoms with E-state index in [1.807, 2.05) is 4.72 Å². The number of halogens is 1. The Kier molecular flexibility index (Phi) is 3.52. The third-order valence-corrected chi connectivity index (χ3v) is 4.78. The molecular formula is C10H9FN2O5S2. The molecule has 0 aliphatic heterocycles. The Labute approximate surface area is 114 Å². The number of hydrogen-bond donors (Lipinski definition) is 1. The van der Waals surface area contributed by atoms with Gasteiger partial charge in [-0.25, -0.2) is 21.2 Å². The lowest BCUT2D eigenvalue weighted by atomic mass is 10.3. The van der Waals surface area contributed by atoms with E-state index in [1.165, 1.54) is 6.07 Å². The van der Waals surface area contributed by atoms with Crippen LogP contribution in [-0.4, -0.2) is 28.2 Å². The minimum atomic E-state index is -4.31. The zero-order chi connectivity index (χ0) is 15.0. The number of hydrogen-bond acceptors (Lipinski definition) is 6. The number of nitrogens with one attached hydrogen (secondary N) is 1. The Morgan fingerprint density at radius 3 is 2.45 bits per heavy atom. The van der Waals surface area contributed by atoms with Gasteiger partial charge >= 0.3 is 0 Å². The molecule has 7 nitrogen and oxygen atoms in total. The molecule has 0 unspecified atom stereocenters. The van der Waals surface area contributed by atoms with E-state index in [2.05, 4.69) is 9.68 Å². The molecular weight excluding hydrogens is 311 g/mol. The van der Waals surface area contributed by atoms with Crippen molar-refractivity contribution in [2.24, 2.45) is 0 Å². The summed E-state index contributed by atoms with van der Waals surface area (Å²) >= 11 is 0. The maximum atomic E-state index is 13.6. The molecule has 1 N–H and O–H groups in total. The second-order valence-electron chi connectivity index (χ2n) is 3.85. The van der Waals surface area contributed by atoms with E-state index < -0.39 is 30.6 Å². The largest absolute Gasteiger partial charge is 0.363 e. The van der Waals surface area contributed by atoms with Gasteiger partial charge in [0, 0.05) is 12.3 Å². The third-order valence-electron chi connectivity index (χ3n) is 2.30. The molecule has 0 radical (unpaired) electrons. The molecule has 0 atom stereocenters. The Hall–Kier alpha value is -1.94. The molecule has 0 bridgehead atoms. The van der Waals surface area contributed by atoms with E-state index in [0.717, 1.165) is 30.7 Å². The summed E-state index contributed by atoms with van der Waals surface area (Å²) in [7, 11) is -7.97. The van der Waals surface area contributed by atoms with Gasteiger partial charge in [0.1, 0.15) is 17.0 Å². The first kappa shape index (κ1) is 14.5. The molecule has 0 amide bonds. The average Bonchev–Trinajstić information content (AvgIpc) is 2.79. The second-order valence-corrected chi connectivity index (χ2v) is 7.52. The van der Waals surface area contributed by atoms with Crippen LogP contribution in [0.25, 0.3) is 0 Å². The highest BCUT2D eigenvalue weighted by Crippen LogP contribution is 2.21. The van der Waals surface area contributed by atoms with Crippen LogP contribution in [0.3, 0.4) is 0 Å². The fourth-order valence-electron chi connectivity index (χ4n) is 1.38. The summed E-state index contributed by atoms with van der Waals surface area (Å²) in [6.45, 7) is 0. The number of benzene rings is 1. The molecule has 1 heterocycles. The van der Waals surface area contributed by atoms with Crippen LogP contribution in [0, 0.1) is 5.82 Å². The summed E-state index contributed by atoms with van der Waals surface area (Å²) in [5.74, 6) is -1.22. The SMILES string of the molecule is CS(=O)(=O)c1ccc(F)c(S(=O)(=O)Nc2ccon2)c1. The first-order valence-electron chi connectivity index (χ1n) is 5.13. The topological polar surface area (TPSA) is 106 Å². The first-order chi connectivity index (χ1) is 9.20. The number of sulfone groups is 1. The molecule has 0 aliphatic carbocycles. The highest BCUT2D eigenvalue weighted by molar-refractivity contribution is 7.93. The minimum absolute atomic E-state index is 0.144. The number of anilines is 1. The standard InChI is InChI=1S/C10H9FN2O5S2/c1-19(14,15)7-2-3-8(11)9(6-7)20(16,17)13-10-4-5-18-12-10/h2-6H,1H3,(H,12,13). The lowest BCUT2D eigenvalue weighted by Crippen LogP contribution is -2.15. The molecule has 1 aromatic carbocycles. The molecule has 0 spiro atoms. The van der Waals surface area contributed by atoms with Crippen LogP contribution in [-0.2, 0) is 19.9 Å². The second kappa shape index (κ2) is 4.87. The van der Waals surface area contributed by atoms with Crippen molar-refractivity contribution in [2.75, 3.05) is 11.0 Å². The molecule has 10 heteroatoms. The molecule has 0 fully saturated rings. The molecule has 2 aromatic rings. The van der Waals surface area contributed by atoms with E-state index in [1.54, 1.807) is 0 Å². The highest BCUT2D eigenvalue weighted by Gasteiger charge is 2.22. The van der Waals surface area contributed by atoms with E-state index in [9.17, 15) is 21.2 Å². The summed E-state index contributed by atoms with van der Waals surface area (Å²) in [5.41, 5.74) is 0. The number of rotatable bonds is 4. The van der Waals surface area contributed by atoms with Crippen LogP contribution in [0.1, 0.15) is 0 Å². The van der Waals surface area contributed by atoms with E-state index in [0.29, 0.717) is 0 Å². The Morgan fingerprint density at radius 2 is 1.90 bits per heavy atom. The Bertz CT molecular complexity index is 829. The summed E-state index contributed by atoms with van der Waals surface area (Å²) in [6.07, 6.45) is 2.02. The van der Waals surface area contributed by atoms with Gasteiger partial charge in [-0.15, -0.1) is 0 Å². The van der Waals surface area contributed by atoms with Gasteiger partial charge in [0.15, 0.2) is 15.7 Å². The first-order valence-corrected chi connectivity index (χ1v) is 8.50. The zero-order valence-corrected chi connectivity index (χ0v) is 11.7. The highest BCUT2D eigenvalue weighted by atomic mass is 32.2. The fraction of sp³-hybridized carbons (Fsp3) is 0.100. The van der Waals surface area contributed by atoms with Gasteiger partial charge in [0.2, 0.25) is 0 Å². The Morgan fingerprint density at radius 1 is 1.20 bits per heavy atom. The summed E-state index contributed by atoms with van der Waals surface area (Å²) in [5, 5.41) is 3.32. The fourth-order valence-corrected chi connectivity index (χ4v) is 3.20. The summed E-state index contributed by atoms with van der Waals surface area (Å²) in [4.78, 5) is -1.09. The number of sulfonamides is 1. The average molecular weight is 320 g/mol. The molecule has 0 aliphatic rings. The maximum Gasteiger partial charge on any atom is 0.266 e. The van der Waals surface area contributed by atoms with Gasteiger partial charge in [-0.2, -0.15) is 0 Å². The molecule has 0 saturated heterocycles. The predicted molar refractivity (Wildman–Crippen MR) is 66.8 cm³/mol. The number of nitrogens with zero attached hydrogens (tertiary/aromatic N) is 1. The summed E-state index contributed by atoms with van der Waals surface area (Å²) < 4.78 is 66.7. The molecule has 0 saturated carbocycles. The van der Waals surface area contributed by atoms with Crippen molar-refractivity contribution in [1.29, 1.82) is 0 Å². The lowest BCUT2D eigenvalue weighted by molar-refractivity contribution is 0.423. The monoisotopic (exact) mass is 320 g/mol. The third kappa shape index (κ3) is 2.96. The van der Waals surface area contributed by atoms with Crippen molar-refractivity contribution in [3.63, 3.8) is 0 Å². The van der Waals surface area contributed by atoms with Crippen LogP contribution >= 0.6 is 0 Å². The van der Waals surface area contributed by atoms with Crippen molar-refractivity contribution in [1.82, 2.24) is 5.16 Å². The normalized spacial score (nSPS) is 12.3. The van der Waals surface area contributed by atoms with Gasteiger partial charge in [0.05, 0.1) is 4.90 Å².